The summed E-state index contributed by atoms with van der Waals surface area (Å²) in [5.74, 6) is -0.0450. The number of benzene rings is 1. The highest BCUT2D eigenvalue weighted by atomic mass is 16.5. The number of rotatable bonds is 4. The second kappa shape index (κ2) is 5.24. The van der Waals surface area contributed by atoms with Crippen molar-refractivity contribution in [2.75, 3.05) is 25.1 Å². The van der Waals surface area contributed by atoms with E-state index in [9.17, 15) is 4.79 Å². The van der Waals surface area contributed by atoms with Crippen LogP contribution >= 0.6 is 0 Å². The van der Waals surface area contributed by atoms with E-state index in [1.54, 1.807) is 43.1 Å². The summed E-state index contributed by atoms with van der Waals surface area (Å²) in [6.07, 6.45) is 0. The second-order valence-electron chi connectivity index (χ2n) is 3.18. The van der Waals surface area contributed by atoms with Crippen molar-refractivity contribution >= 4 is 11.7 Å². The lowest BCUT2D eigenvalue weighted by atomic mass is 10.3. The molecule has 1 rings (SSSR count). The smallest absolute Gasteiger partial charge is 0.325 e. The van der Waals surface area contributed by atoms with E-state index in [1.807, 2.05) is 0 Å². The third kappa shape index (κ3) is 3.50. The Labute approximate surface area is 89.1 Å². The molecule has 0 radical (unpaired) electrons. The zero-order valence-electron chi connectivity index (χ0n) is 8.93. The fraction of sp³-hybridized carbons (Fsp3) is 0.364. The average Bonchev–Trinajstić information content (AvgIpc) is 2.18. The van der Waals surface area contributed by atoms with Crippen molar-refractivity contribution in [1.82, 2.24) is 0 Å². The summed E-state index contributed by atoms with van der Waals surface area (Å²) in [5, 5.41) is 9.09. The molecule has 0 fully saturated rings. The first-order valence-corrected chi connectivity index (χ1v) is 4.79. The summed E-state index contributed by atoms with van der Waals surface area (Å²) in [5.41, 5.74) is 0.862. The van der Waals surface area contributed by atoms with Crippen molar-refractivity contribution in [3.63, 3.8) is 0 Å². The lowest BCUT2D eigenvalue weighted by molar-refractivity contribution is -0.141. The molecule has 4 heteroatoms. The van der Waals surface area contributed by atoms with Gasteiger partial charge in [-0.1, -0.05) is 0 Å². The Bertz CT molecular complexity index is 321. The highest BCUT2D eigenvalue weighted by Crippen LogP contribution is 2.16. The topological polar surface area (TPSA) is 49.8 Å². The number of phenolic OH excluding ortho intramolecular Hbond substituents is 1. The lowest BCUT2D eigenvalue weighted by Gasteiger charge is -2.17. The summed E-state index contributed by atoms with van der Waals surface area (Å²) in [6.45, 7) is 2.37. The molecule has 15 heavy (non-hydrogen) atoms. The van der Waals surface area contributed by atoms with Crippen LogP contribution in [0.5, 0.6) is 5.75 Å². The van der Waals surface area contributed by atoms with Crippen molar-refractivity contribution < 1.29 is 14.6 Å². The summed E-state index contributed by atoms with van der Waals surface area (Å²) < 4.78 is 4.83. The normalized spacial score (nSPS) is 9.73. The number of carbonyl (C=O) groups is 1. The molecule has 0 amide bonds. The van der Waals surface area contributed by atoms with E-state index in [0.29, 0.717) is 6.61 Å². The first kappa shape index (κ1) is 11.4. The van der Waals surface area contributed by atoms with E-state index in [1.165, 1.54) is 0 Å². The third-order valence-electron chi connectivity index (χ3n) is 1.96. The highest BCUT2D eigenvalue weighted by Gasteiger charge is 2.07. The number of carbonyl (C=O) groups excluding carboxylic acids is 1. The van der Waals surface area contributed by atoms with E-state index < -0.39 is 0 Å². The number of anilines is 1. The van der Waals surface area contributed by atoms with Crippen LogP contribution in [0.2, 0.25) is 0 Å². The molecular weight excluding hydrogens is 194 g/mol. The molecule has 0 saturated carbocycles. The largest absolute Gasteiger partial charge is 0.508 e. The minimum Gasteiger partial charge on any atom is -0.508 e. The van der Waals surface area contributed by atoms with E-state index in [-0.39, 0.29) is 18.3 Å². The van der Waals surface area contributed by atoms with Gasteiger partial charge in [-0.2, -0.15) is 0 Å². The Kier molecular flexibility index (Phi) is 3.97. The predicted octanol–water partition coefficient (Wildman–Crippen LogP) is 1.39. The van der Waals surface area contributed by atoms with E-state index in [0.717, 1.165) is 5.69 Å². The van der Waals surface area contributed by atoms with E-state index >= 15 is 0 Å². The SMILES string of the molecule is CCOC(=O)CN(C)c1ccc(O)cc1. The van der Waals surface area contributed by atoms with E-state index in [2.05, 4.69) is 0 Å². The molecule has 1 aromatic carbocycles. The minimum atomic E-state index is -0.256. The van der Waals surface area contributed by atoms with Gasteiger partial charge in [0.1, 0.15) is 12.3 Å². The number of hydrogen-bond acceptors (Lipinski definition) is 4. The van der Waals surface area contributed by atoms with Gasteiger partial charge in [0.25, 0.3) is 0 Å². The average molecular weight is 209 g/mol. The van der Waals surface area contributed by atoms with Gasteiger partial charge in [0, 0.05) is 12.7 Å². The van der Waals surface area contributed by atoms with Gasteiger partial charge in [-0.15, -0.1) is 0 Å². The van der Waals surface area contributed by atoms with Crippen molar-refractivity contribution in [3.8, 4) is 5.75 Å². The monoisotopic (exact) mass is 209 g/mol. The Balaban J connectivity index is 2.57. The number of esters is 1. The van der Waals surface area contributed by atoms with Crippen LogP contribution in [0.15, 0.2) is 24.3 Å². The first-order valence-electron chi connectivity index (χ1n) is 4.79. The van der Waals surface area contributed by atoms with Crippen LogP contribution in [0.3, 0.4) is 0 Å². The Morgan fingerprint density at radius 1 is 1.40 bits per heavy atom. The molecule has 1 N–H and O–H groups in total. The third-order valence-corrected chi connectivity index (χ3v) is 1.96. The van der Waals surface area contributed by atoms with Crippen molar-refractivity contribution in [3.05, 3.63) is 24.3 Å². The number of aromatic hydroxyl groups is 1. The fourth-order valence-electron chi connectivity index (χ4n) is 1.20. The van der Waals surface area contributed by atoms with Gasteiger partial charge >= 0.3 is 5.97 Å². The van der Waals surface area contributed by atoms with Crippen LogP contribution in [0, 0.1) is 0 Å². The number of nitrogens with zero attached hydrogens (tertiary/aromatic N) is 1. The van der Waals surface area contributed by atoms with Gasteiger partial charge in [-0.25, -0.2) is 0 Å². The molecule has 0 atom stereocenters. The zero-order valence-corrected chi connectivity index (χ0v) is 8.93. The summed E-state index contributed by atoms with van der Waals surface area (Å²) in [4.78, 5) is 12.9. The van der Waals surface area contributed by atoms with Crippen LogP contribution < -0.4 is 4.90 Å². The predicted molar refractivity (Wildman–Crippen MR) is 58.0 cm³/mol. The molecule has 82 valence electrons. The molecule has 0 saturated heterocycles. The first-order chi connectivity index (χ1) is 7.13. The van der Waals surface area contributed by atoms with Crippen LogP contribution in [0.4, 0.5) is 5.69 Å². The maximum Gasteiger partial charge on any atom is 0.325 e. The standard InChI is InChI=1S/C11H15NO3/c1-3-15-11(14)8-12(2)9-4-6-10(13)7-5-9/h4-7,13H,3,8H2,1-2H3. The maximum absolute atomic E-state index is 11.2. The van der Waals surface area contributed by atoms with Gasteiger partial charge < -0.3 is 14.7 Å². The van der Waals surface area contributed by atoms with Crippen molar-refractivity contribution in [2.24, 2.45) is 0 Å². The van der Waals surface area contributed by atoms with Crippen LogP contribution in [0.25, 0.3) is 0 Å². The molecule has 0 aliphatic rings. The summed E-state index contributed by atoms with van der Waals surface area (Å²) in [7, 11) is 1.79. The lowest BCUT2D eigenvalue weighted by Crippen LogP contribution is -2.26. The molecule has 0 unspecified atom stereocenters. The van der Waals surface area contributed by atoms with Gasteiger partial charge in [0.2, 0.25) is 0 Å². The molecule has 1 aromatic rings. The van der Waals surface area contributed by atoms with Gasteiger partial charge in [0.05, 0.1) is 6.61 Å². The summed E-state index contributed by atoms with van der Waals surface area (Å²) in [6, 6.07) is 6.65. The number of hydrogen-bond donors (Lipinski definition) is 1. The number of phenols is 1. The molecular formula is C11H15NO3. The van der Waals surface area contributed by atoms with Crippen LogP contribution in [-0.2, 0) is 9.53 Å². The highest BCUT2D eigenvalue weighted by molar-refractivity contribution is 5.75. The maximum atomic E-state index is 11.2. The number of likely N-dealkylation sites (N-methyl/N-ethyl adjacent to an activating group) is 1. The van der Waals surface area contributed by atoms with Crippen LogP contribution in [0.1, 0.15) is 6.92 Å². The molecule has 0 heterocycles. The summed E-state index contributed by atoms with van der Waals surface area (Å²) >= 11 is 0. The Morgan fingerprint density at radius 3 is 2.53 bits per heavy atom. The van der Waals surface area contributed by atoms with Crippen LogP contribution in [-0.4, -0.2) is 31.3 Å². The molecule has 0 aliphatic heterocycles. The molecule has 0 spiro atoms. The molecule has 0 aliphatic carbocycles. The quantitative estimate of drug-likeness (QED) is 0.761. The van der Waals surface area contributed by atoms with Crippen molar-refractivity contribution in [2.45, 2.75) is 6.92 Å². The molecule has 0 aromatic heterocycles. The Morgan fingerprint density at radius 2 is 2.00 bits per heavy atom. The Hall–Kier alpha value is -1.71. The van der Waals surface area contributed by atoms with Gasteiger partial charge in [-0.3, -0.25) is 4.79 Å². The van der Waals surface area contributed by atoms with Gasteiger partial charge in [-0.05, 0) is 31.2 Å². The zero-order chi connectivity index (χ0) is 11.3. The minimum absolute atomic E-state index is 0.207. The van der Waals surface area contributed by atoms with Gasteiger partial charge in [0.15, 0.2) is 0 Å². The number of ether oxygens (including phenoxy) is 1. The molecule has 0 bridgehead atoms. The fourth-order valence-corrected chi connectivity index (χ4v) is 1.20. The van der Waals surface area contributed by atoms with E-state index in [4.69, 9.17) is 9.84 Å². The second-order valence-corrected chi connectivity index (χ2v) is 3.18. The molecule has 4 nitrogen and oxygen atoms in total. The van der Waals surface area contributed by atoms with Crippen molar-refractivity contribution in [1.29, 1.82) is 0 Å².